The van der Waals surface area contributed by atoms with Crippen LogP contribution in [0.15, 0.2) is 36.4 Å². The zero-order valence-corrected chi connectivity index (χ0v) is 11.9. The average molecular weight is 289 g/mol. The zero-order chi connectivity index (χ0) is 14.1. The maximum atomic E-state index is 9.93. The van der Waals surface area contributed by atoms with E-state index in [2.05, 4.69) is 11.0 Å². The number of anilines is 1. The number of phenols is 1. The van der Waals surface area contributed by atoms with E-state index in [1.807, 2.05) is 18.2 Å². The van der Waals surface area contributed by atoms with E-state index in [1.165, 1.54) is 11.1 Å². The Morgan fingerprint density at radius 3 is 2.80 bits per heavy atom. The summed E-state index contributed by atoms with van der Waals surface area (Å²) in [5, 5.41) is 10.5. The number of nitrogen functional groups attached to an aromatic ring is 1. The molecule has 2 aromatic rings. The predicted octanol–water partition coefficient (Wildman–Crippen LogP) is 3.19. The number of aromatic hydroxyl groups is 1. The fraction of sp³-hybridized carbons (Fsp3) is 0.250. The molecule has 20 heavy (non-hydrogen) atoms. The Balaban J connectivity index is 1.81. The Bertz CT molecular complexity index is 622. The molecule has 104 valence electrons. The van der Waals surface area contributed by atoms with Crippen LogP contribution in [0, 0.1) is 0 Å². The van der Waals surface area contributed by atoms with E-state index in [0.717, 1.165) is 30.8 Å². The summed E-state index contributed by atoms with van der Waals surface area (Å²) in [4.78, 5) is 2.28. The lowest BCUT2D eigenvalue weighted by molar-refractivity contribution is 0.243. The molecular formula is C16H17ClN2O. The number of fused-ring (bicyclic) bond motifs is 1. The van der Waals surface area contributed by atoms with Crippen LogP contribution in [0.2, 0.25) is 5.02 Å². The summed E-state index contributed by atoms with van der Waals surface area (Å²) in [6.45, 7) is 2.41. The monoisotopic (exact) mass is 288 g/mol. The molecule has 0 atom stereocenters. The molecule has 0 bridgehead atoms. The van der Waals surface area contributed by atoms with Crippen LogP contribution in [0.3, 0.4) is 0 Å². The Morgan fingerprint density at radius 2 is 2.00 bits per heavy atom. The minimum Gasteiger partial charge on any atom is -0.508 e. The van der Waals surface area contributed by atoms with Crippen molar-refractivity contribution >= 4 is 17.3 Å². The van der Waals surface area contributed by atoms with Crippen LogP contribution in [0.5, 0.6) is 5.75 Å². The van der Waals surface area contributed by atoms with Crippen molar-refractivity contribution in [2.75, 3.05) is 12.3 Å². The summed E-state index contributed by atoms with van der Waals surface area (Å²) in [6.07, 6.45) is 0.938. The molecule has 1 aliphatic heterocycles. The van der Waals surface area contributed by atoms with Crippen LogP contribution in [0.1, 0.15) is 16.7 Å². The first-order chi connectivity index (χ1) is 9.65. The third-order valence-corrected chi connectivity index (χ3v) is 4.21. The summed E-state index contributed by atoms with van der Waals surface area (Å²) in [5.41, 5.74) is 10.2. The molecule has 0 unspecified atom stereocenters. The molecule has 1 aliphatic rings. The molecule has 0 fully saturated rings. The first-order valence-corrected chi connectivity index (χ1v) is 7.08. The molecule has 0 radical (unpaired) electrons. The number of phenolic OH excluding ortho intramolecular Hbond substituents is 1. The van der Waals surface area contributed by atoms with Crippen molar-refractivity contribution in [3.63, 3.8) is 0 Å². The van der Waals surface area contributed by atoms with Crippen LogP contribution in [0.4, 0.5) is 5.69 Å². The topological polar surface area (TPSA) is 49.5 Å². The predicted molar refractivity (Wildman–Crippen MR) is 81.8 cm³/mol. The van der Waals surface area contributed by atoms with Gasteiger partial charge >= 0.3 is 0 Å². The summed E-state index contributed by atoms with van der Waals surface area (Å²) in [5.74, 6) is 0.260. The SMILES string of the molecule is Nc1cccc2c1CCN(Cc1c(O)cccc1Cl)C2. The van der Waals surface area contributed by atoms with Gasteiger partial charge in [0.05, 0.1) is 0 Å². The van der Waals surface area contributed by atoms with Crippen LogP contribution in [0.25, 0.3) is 0 Å². The standard InChI is InChI=1S/C16H17ClN2O/c17-14-4-2-6-16(20)13(14)10-19-8-7-12-11(9-19)3-1-5-15(12)18/h1-6,20H,7-10,18H2. The first-order valence-electron chi connectivity index (χ1n) is 6.70. The second-order valence-corrected chi connectivity index (χ2v) is 5.59. The van der Waals surface area contributed by atoms with Gasteiger partial charge < -0.3 is 10.8 Å². The Hall–Kier alpha value is -1.71. The van der Waals surface area contributed by atoms with Crippen molar-refractivity contribution in [2.45, 2.75) is 19.5 Å². The van der Waals surface area contributed by atoms with Gasteiger partial charge in [-0.2, -0.15) is 0 Å². The molecule has 0 saturated carbocycles. The third kappa shape index (κ3) is 2.47. The molecule has 1 heterocycles. The molecule has 0 aliphatic carbocycles. The summed E-state index contributed by atoms with van der Waals surface area (Å²) < 4.78 is 0. The molecule has 3 nitrogen and oxygen atoms in total. The molecule has 3 N–H and O–H groups in total. The molecule has 0 spiro atoms. The molecule has 2 aromatic carbocycles. The van der Waals surface area contributed by atoms with Gasteiger partial charge in [0.1, 0.15) is 5.75 Å². The largest absolute Gasteiger partial charge is 0.508 e. The van der Waals surface area contributed by atoms with Gasteiger partial charge in [-0.25, -0.2) is 0 Å². The lowest BCUT2D eigenvalue weighted by Gasteiger charge is -2.29. The smallest absolute Gasteiger partial charge is 0.121 e. The summed E-state index contributed by atoms with van der Waals surface area (Å²) >= 11 is 6.17. The maximum absolute atomic E-state index is 9.93. The quantitative estimate of drug-likeness (QED) is 0.835. The van der Waals surface area contributed by atoms with E-state index in [-0.39, 0.29) is 5.75 Å². The van der Waals surface area contributed by atoms with Gasteiger partial charge in [0.2, 0.25) is 0 Å². The van der Waals surface area contributed by atoms with Gasteiger partial charge in [0.15, 0.2) is 0 Å². The molecule has 0 aromatic heterocycles. The van der Waals surface area contributed by atoms with Crippen LogP contribution in [-0.4, -0.2) is 16.6 Å². The van der Waals surface area contributed by atoms with E-state index in [4.69, 9.17) is 17.3 Å². The number of hydrogen-bond acceptors (Lipinski definition) is 3. The highest BCUT2D eigenvalue weighted by atomic mass is 35.5. The summed E-state index contributed by atoms with van der Waals surface area (Å²) in [6, 6.07) is 11.3. The number of hydrogen-bond donors (Lipinski definition) is 2. The fourth-order valence-corrected chi connectivity index (χ4v) is 2.99. The highest BCUT2D eigenvalue weighted by Gasteiger charge is 2.19. The van der Waals surface area contributed by atoms with Gasteiger partial charge in [0, 0.05) is 35.9 Å². The lowest BCUT2D eigenvalue weighted by Crippen LogP contribution is -2.30. The molecule has 0 saturated heterocycles. The highest BCUT2D eigenvalue weighted by Crippen LogP contribution is 2.30. The van der Waals surface area contributed by atoms with Gasteiger partial charge in [-0.05, 0) is 35.7 Å². The van der Waals surface area contributed by atoms with Gasteiger partial charge in [-0.15, -0.1) is 0 Å². The van der Waals surface area contributed by atoms with E-state index in [0.29, 0.717) is 11.6 Å². The minimum absolute atomic E-state index is 0.260. The molecular weight excluding hydrogens is 272 g/mol. The molecule has 3 rings (SSSR count). The van der Waals surface area contributed by atoms with Crippen molar-refractivity contribution in [3.8, 4) is 5.75 Å². The van der Waals surface area contributed by atoms with E-state index < -0.39 is 0 Å². The highest BCUT2D eigenvalue weighted by molar-refractivity contribution is 6.31. The van der Waals surface area contributed by atoms with Crippen molar-refractivity contribution in [1.82, 2.24) is 4.90 Å². The van der Waals surface area contributed by atoms with Crippen LogP contribution < -0.4 is 5.73 Å². The fourth-order valence-electron chi connectivity index (χ4n) is 2.76. The maximum Gasteiger partial charge on any atom is 0.121 e. The zero-order valence-electron chi connectivity index (χ0n) is 11.1. The van der Waals surface area contributed by atoms with Gasteiger partial charge in [-0.1, -0.05) is 29.8 Å². The van der Waals surface area contributed by atoms with E-state index in [1.54, 1.807) is 12.1 Å². The number of rotatable bonds is 2. The van der Waals surface area contributed by atoms with Crippen molar-refractivity contribution < 1.29 is 5.11 Å². The minimum atomic E-state index is 0.260. The van der Waals surface area contributed by atoms with Crippen LogP contribution in [-0.2, 0) is 19.5 Å². The van der Waals surface area contributed by atoms with E-state index >= 15 is 0 Å². The van der Waals surface area contributed by atoms with Crippen molar-refractivity contribution in [2.24, 2.45) is 0 Å². The first kappa shape index (κ1) is 13.3. The Morgan fingerprint density at radius 1 is 1.20 bits per heavy atom. The molecule has 0 amide bonds. The third-order valence-electron chi connectivity index (χ3n) is 3.86. The second kappa shape index (κ2) is 5.35. The number of benzene rings is 2. The summed E-state index contributed by atoms with van der Waals surface area (Å²) in [7, 11) is 0. The van der Waals surface area contributed by atoms with Crippen molar-refractivity contribution in [1.29, 1.82) is 0 Å². The Labute approximate surface area is 123 Å². The number of nitrogens with zero attached hydrogens (tertiary/aromatic N) is 1. The lowest BCUT2D eigenvalue weighted by atomic mass is 9.97. The number of nitrogens with two attached hydrogens (primary N) is 1. The second-order valence-electron chi connectivity index (χ2n) is 5.18. The van der Waals surface area contributed by atoms with Gasteiger partial charge in [0.25, 0.3) is 0 Å². The number of halogens is 1. The van der Waals surface area contributed by atoms with E-state index in [9.17, 15) is 5.11 Å². The van der Waals surface area contributed by atoms with Gasteiger partial charge in [-0.3, -0.25) is 4.90 Å². The molecule has 4 heteroatoms. The van der Waals surface area contributed by atoms with Crippen LogP contribution >= 0.6 is 11.6 Å². The normalized spacial score (nSPS) is 15.1. The average Bonchev–Trinajstić information content (AvgIpc) is 2.43. The Kier molecular flexibility index (Phi) is 3.55. The van der Waals surface area contributed by atoms with Crippen molar-refractivity contribution in [3.05, 3.63) is 58.1 Å².